The highest BCUT2D eigenvalue weighted by molar-refractivity contribution is 6.06. The maximum atomic E-state index is 14.2. The van der Waals surface area contributed by atoms with Crippen molar-refractivity contribution in [2.75, 3.05) is 0 Å². The average Bonchev–Trinajstić information content (AvgIpc) is 2.83. The highest BCUT2D eigenvalue weighted by atomic mass is 16.5. The van der Waals surface area contributed by atoms with Crippen LogP contribution >= 0.6 is 0 Å². The van der Waals surface area contributed by atoms with Gasteiger partial charge in [-0.05, 0) is 59.1 Å². The summed E-state index contributed by atoms with van der Waals surface area (Å²) in [6.07, 6.45) is 0.00160. The quantitative estimate of drug-likeness (QED) is 0.243. The fraction of sp³-hybridized carbons (Fsp3) is 0.667. The second kappa shape index (κ2) is 9.78. The number of hydrogen-bond donors (Lipinski definition) is 4. The number of ketones is 1. The number of ether oxygens (including phenoxy) is 3. The fourth-order valence-electron chi connectivity index (χ4n) is 6.98. The van der Waals surface area contributed by atoms with E-state index in [1.165, 1.54) is 13.0 Å². The summed E-state index contributed by atoms with van der Waals surface area (Å²) < 4.78 is 18.2. The number of aromatic hydroxyl groups is 2. The Morgan fingerprint density at radius 2 is 1.90 bits per heavy atom. The van der Waals surface area contributed by atoms with E-state index in [-0.39, 0.29) is 34.8 Å². The number of carbonyl (C=O) groups excluding carboxylic acids is 2. The van der Waals surface area contributed by atoms with Crippen molar-refractivity contribution in [3.8, 4) is 17.2 Å². The minimum atomic E-state index is -1.17. The van der Waals surface area contributed by atoms with Gasteiger partial charge in [0, 0.05) is 30.2 Å². The number of carbonyl (C=O) groups is 2. The fourth-order valence-corrected chi connectivity index (χ4v) is 6.98. The van der Waals surface area contributed by atoms with Gasteiger partial charge in [0.1, 0.15) is 23.0 Å². The second-order valence-electron chi connectivity index (χ2n) is 12.5. The van der Waals surface area contributed by atoms with Crippen LogP contribution < -0.4 is 4.74 Å². The molecule has 1 saturated heterocycles. The molecule has 1 aromatic rings. The molecule has 4 rings (SSSR count). The first-order valence-corrected chi connectivity index (χ1v) is 13.6. The molecule has 1 aliphatic carbocycles. The van der Waals surface area contributed by atoms with Crippen LogP contribution in [-0.4, -0.2) is 67.8 Å². The Hall–Kier alpha value is -2.62. The number of hydrogen-bond acceptors (Lipinski definition) is 9. The van der Waals surface area contributed by atoms with Crippen LogP contribution in [0.4, 0.5) is 0 Å². The molecule has 0 radical (unpaired) electrons. The molecule has 2 heterocycles. The van der Waals surface area contributed by atoms with Gasteiger partial charge in [0.05, 0.1) is 29.8 Å². The van der Waals surface area contributed by atoms with Crippen LogP contribution in [0.1, 0.15) is 96.5 Å². The van der Waals surface area contributed by atoms with Crippen molar-refractivity contribution in [2.45, 2.75) is 116 Å². The predicted molar refractivity (Wildman–Crippen MR) is 143 cm³/mol. The van der Waals surface area contributed by atoms with Crippen LogP contribution in [0.5, 0.6) is 17.2 Å². The molecule has 1 saturated carbocycles. The van der Waals surface area contributed by atoms with Crippen molar-refractivity contribution in [3.05, 3.63) is 28.8 Å². The molecule has 3 aliphatic rings. The lowest BCUT2D eigenvalue weighted by atomic mass is 9.52. The number of phenolic OH excluding ortho intramolecular Hbond substituents is 2. The molecule has 2 fully saturated rings. The zero-order valence-electron chi connectivity index (χ0n) is 24.1. The molecule has 4 N–H and O–H groups in total. The van der Waals surface area contributed by atoms with Gasteiger partial charge in [0.25, 0.3) is 0 Å². The Morgan fingerprint density at radius 3 is 2.46 bits per heavy atom. The van der Waals surface area contributed by atoms with E-state index in [9.17, 15) is 30.0 Å². The van der Waals surface area contributed by atoms with Crippen molar-refractivity contribution < 1.29 is 44.2 Å². The molecule has 1 aromatic carbocycles. The van der Waals surface area contributed by atoms with Crippen molar-refractivity contribution in [3.63, 3.8) is 0 Å². The van der Waals surface area contributed by atoms with Gasteiger partial charge in [0.15, 0.2) is 17.3 Å². The maximum Gasteiger partial charge on any atom is 0.303 e. The van der Waals surface area contributed by atoms with Gasteiger partial charge < -0.3 is 34.6 Å². The Morgan fingerprint density at radius 1 is 1.26 bits per heavy atom. The van der Waals surface area contributed by atoms with Crippen molar-refractivity contribution >= 4 is 11.8 Å². The van der Waals surface area contributed by atoms with Gasteiger partial charge >= 0.3 is 5.97 Å². The largest absolute Gasteiger partial charge is 0.507 e. The number of allylic oxidation sites excluding steroid dienone is 1. The summed E-state index contributed by atoms with van der Waals surface area (Å²) in [6.45, 7) is 13.5. The van der Waals surface area contributed by atoms with Crippen LogP contribution in [0, 0.1) is 11.3 Å². The summed E-state index contributed by atoms with van der Waals surface area (Å²) in [5, 5.41) is 44.5. The molecule has 2 aliphatic heterocycles. The number of rotatable bonds is 5. The molecular weight excluding hydrogens is 504 g/mol. The van der Waals surface area contributed by atoms with E-state index in [2.05, 4.69) is 0 Å². The monoisotopic (exact) mass is 546 g/mol. The molecule has 0 spiro atoms. The lowest BCUT2D eigenvalue weighted by molar-refractivity contribution is -0.263. The predicted octanol–water partition coefficient (Wildman–Crippen LogP) is 4.14. The third kappa shape index (κ3) is 4.62. The van der Waals surface area contributed by atoms with E-state index in [0.29, 0.717) is 12.8 Å². The third-order valence-electron chi connectivity index (χ3n) is 9.35. The number of phenols is 2. The molecule has 39 heavy (non-hydrogen) atoms. The number of fused-ring (bicyclic) bond motifs is 4. The number of aliphatic hydroxyl groups excluding tert-OH is 1. The maximum absolute atomic E-state index is 14.2. The van der Waals surface area contributed by atoms with Crippen LogP contribution in [0.15, 0.2) is 17.7 Å². The van der Waals surface area contributed by atoms with Crippen molar-refractivity contribution in [2.24, 2.45) is 11.3 Å². The molecule has 0 bridgehead atoms. The van der Waals surface area contributed by atoms with Crippen molar-refractivity contribution in [1.29, 1.82) is 0 Å². The molecule has 9 nitrogen and oxygen atoms in total. The second-order valence-corrected chi connectivity index (χ2v) is 12.5. The summed E-state index contributed by atoms with van der Waals surface area (Å²) in [6, 6.07) is 1.32. The van der Waals surface area contributed by atoms with E-state index in [1.54, 1.807) is 34.6 Å². The van der Waals surface area contributed by atoms with Gasteiger partial charge in [-0.25, -0.2) is 0 Å². The van der Waals surface area contributed by atoms with Gasteiger partial charge in [0.2, 0.25) is 0 Å². The normalized spacial score (nSPS) is 34.2. The number of esters is 1. The van der Waals surface area contributed by atoms with Crippen LogP contribution in [0.3, 0.4) is 0 Å². The van der Waals surface area contributed by atoms with E-state index in [0.717, 1.165) is 5.57 Å². The number of aliphatic hydroxyl groups is 2. The minimum absolute atomic E-state index is 0.108. The Balaban J connectivity index is 1.79. The SMILES string of the molecule is C/C=C(\C)C(OC(C)=O)C(C)c1cc(O)c2c(c1O)O[C@]1(C)CC[C@H]3O[C@@H](C(C)(C)O)C[C@H](O)[C@]3(C)[C@H]1C2=O. The summed E-state index contributed by atoms with van der Waals surface area (Å²) >= 11 is 0. The first kappa shape index (κ1) is 29.4. The van der Waals surface area contributed by atoms with Crippen LogP contribution in [0.2, 0.25) is 0 Å². The number of Topliss-reactive ketones (excluding diaryl/α,β-unsaturated/α-hetero) is 1. The topological polar surface area (TPSA) is 143 Å². The van der Waals surface area contributed by atoms with Gasteiger partial charge in [-0.15, -0.1) is 0 Å². The van der Waals surface area contributed by atoms with Gasteiger partial charge in [-0.1, -0.05) is 19.9 Å². The standard InChI is InChI=1S/C30H42O9/c1-9-14(2)25(37-16(4)31)15(3)17-12-18(32)22-24(35)27-29(7,39-26(22)23(17)34)11-10-20-30(27,8)19(33)13-21(38-20)28(5,6)36/h9,12,15,19-21,25,27,32-34,36H,10-11,13H2,1-8H3/b14-9+/t15?,19-,20+,21+,25?,27-,29+,30-/m0/s1. The zero-order valence-corrected chi connectivity index (χ0v) is 24.1. The third-order valence-corrected chi connectivity index (χ3v) is 9.35. The van der Waals surface area contributed by atoms with Crippen LogP contribution in [-0.2, 0) is 14.3 Å². The average molecular weight is 547 g/mol. The van der Waals surface area contributed by atoms with Gasteiger partial charge in [-0.2, -0.15) is 0 Å². The summed E-state index contributed by atoms with van der Waals surface area (Å²) in [5.41, 5.74) is -2.42. The highest BCUT2D eigenvalue weighted by Crippen LogP contribution is 2.61. The summed E-state index contributed by atoms with van der Waals surface area (Å²) in [4.78, 5) is 26.0. The molecule has 9 heteroatoms. The summed E-state index contributed by atoms with van der Waals surface area (Å²) in [7, 11) is 0. The number of benzene rings is 1. The Bertz CT molecular complexity index is 1200. The van der Waals surface area contributed by atoms with Crippen molar-refractivity contribution in [1.82, 2.24) is 0 Å². The smallest absolute Gasteiger partial charge is 0.303 e. The van der Waals surface area contributed by atoms with E-state index in [4.69, 9.17) is 14.2 Å². The Labute approximate surface area is 229 Å². The first-order valence-electron chi connectivity index (χ1n) is 13.6. The molecule has 2 unspecified atom stereocenters. The molecule has 8 atom stereocenters. The molecule has 0 amide bonds. The van der Waals surface area contributed by atoms with E-state index in [1.807, 2.05) is 19.9 Å². The molecule has 0 aromatic heterocycles. The zero-order chi connectivity index (χ0) is 29.2. The van der Waals surface area contributed by atoms with Crippen LogP contribution in [0.25, 0.3) is 0 Å². The lowest BCUT2D eigenvalue weighted by Crippen LogP contribution is -2.69. The highest BCUT2D eigenvalue weighted by Gasteiger charge is 2.66. The first-order chi connectivity index (χ1) is 18.0. The van der Waals surface area contributed by atoms with Gasteiger partial charge in [-0.3, -0.25) is 9.59 Å². The minimum Gasteiger partial charge on any atom is -0.507 e. The van der Waals surface area contributed by atoms with E-state index < -0.39 is 64.6 Å². The molecular formula is C30H42O9. The summed E-state index contributed by atoms with van der Waals surface area (Å²) in [5.74, 6) is -3.12. The Kier molecular flexibility index (Phi) is 7.37. The lowest BCUT2D eigenvalue weighted by Gasteiger charge is -2.61. The van der Waals surface area contributed by atoms with E-state index >= 15 is 0 Å². The molecule has 216 valence electrons.